The molecule has 0 fully saturated rings. The van der Waals surface area contributed by atoms with Crippen molar-refractivity contribution in [3.63, 3.8) is 0 Å². The molecule has 6 heteroatoms. The molecular weight excluding hydrogens is 214 g/mol. The molecule has 1 aromatic rings. The first-order valence-corrected chi connectivity index (χ1v) is 3.82. The van der Waals surface area contributed by atoms with Crippen LogP contribution in [-0.4, -0.2) is 10.2 Å². The molecule has 0 aliphatic carbocycles. The fourth-order valence-electron chi connectivity index (χ4n) is 0.925. The number of rotatable bonds is 2. The monoisotopic (exact) mass is 216 g/mol. The number of nitriles is 1. The van der Waals surface area contributed by atoms with Gasteiger partial charge in [0.2, 0.25) is 0 Å². The number of hydrogen-bond acceptors (Lipinski definition) is 3. The fourth-order valence-corrected chi connectivity index (χ4v) is 1.07. The summed E-state index contributed by atoms with van der Waals surface area (Å²) in [6.45, 7) is 0. The Morgan fingerprint density at radius 2 is 2.29 bits per heavy atom. The standard InChI is InChI=1S/C8H3ClF2N2O/c9-7(14)6-5(3-12)4(8(10)11)1-2-13-6/h1-2,8H. The molecule has 0 aliphatic rings. The highest BCUT2D eigenvalue weighted by atomic mass is 35.5. The van der Waals surface area contributed by atoms with E-state index >= 15 is 0 Å². The van der Waals surface area contributed by atoms with Gasteiger partial charge in [0.15, 0.2) is 0 Å². The minimum Gasteiger partial charge on any atom is -0.274 e. The molecule has 0 N–H and O–H groups in total. The second kappa shape index (κ2) is 4.11. The molecule has 0 spiro atoms. The van der Waals surface area contributed by atoms with Gasteiger partial charge in [-0.2, -0.15) is 5.26 Å². The summed E-state index contributed by atoms with van der Waals surface area (Å²) in [7, 11) is 0. The van der Waals surface area contributed by atoms with Crippen LogP contribution in [-0.2, 0) is 0 Å². The molecule has 0 amide bonds. The largest absolute Gasteiger partial charge is 0.274 e. The molecule has 1 aromatic heterocycles. The molecule has 1 heterocycles. The van der Waals surface area contributed by atoms with Crippen LogP contribution in [0.2, 0.25) is 0 Å². The Morgan fingerprint density at radius 1 is 1.64 bits per heavy atom. The van der Waals surface area contributed by atoms with E-state index in [-0.39, 0.29) is 0 Å². The Labute approximate surface area is 82.9 Å². The maximum absolute atomic E-state index is 12.3. The highest BCUT2D eigenvalue weighted by Crippen LogP contribution is 2.24. The first kappa shape index (κ1) is 10.5. The van der Waals surface area contributed by atoms with Crippen molar-refractivity contribution in [2.45, 2.75) is 6.43 Å². The van der Waals surface area contributed by atoms with E-state index in [0.29, 0.717) is 0 Å². The maximum Gasteiger partial charge on any atom is 0.272 e. The molecule has 1 rings (SSSR count). The van der Waals surface area contributed by atoms with Crippen molar-refractivity contribution in [2.75, 3.05) is 0 Å². The molecule has 0 saturated carbocycles. The normalized spacial score (nSPS) is 9.93. The summed E-state index contributed by atoms with van der Waals surface area (Å²) in [5, 5.41) is 7.54. The lowest BCUT2D eigenvalue weighted by molar-refractivity contribution is 0.107. The van der Waals surface area contributed by atoms with Crippen molar-refractivity contribution in [2.24, 2.45) is 0 Å². The zero-order valence-corrected chi connectivity index (χ0v) is 7.42. The summed E-state index contributed by atoms with van der Waals surface area (Å²) < 4.78 is 24.6. The van der Waals surface area contributed by atoms with Gasteiger partial charge in [-0.3, -0.25) is 9.78 Å². The SMILES string of the molecule is N#Cc1c(C(F)F)ccnc1C(=O)Cl. The summed E-state index contributed by atoms with van der Waals surface area (Å²) in [4.78, 5) is 14.2. The number of pyridine rings is 1. The molecule has 0 atom stereocenters. The van der Waals surface area contributed by atoms with E-state index in [1.165, 1.54) is 6.07 Å². The predicted octanol–water partition coefficient (Wildman–Crippen LogP) is 2.27. The Hall–Kier alpha value is -1.54. The highest BCUT2D eigenvalue weighted by Gasteiger charge is 2.19. The summed E-state index contributed by atoms with van der Waals surface area (Å²) >= 11 is 5.07. The summed E-state index contributed by atoms with van der Waals surface area (Å²) in [6.07, 6.45) is -1.82. The molecule has 0 aliphatic heterocycles. The van der Waals surface area contributed by atoms with Crippen LogP contribution >= 0.6 is 11.6 Å². The van der Waals surface area contributed by atoms with Crippen LogP contribution in [0.3, 0.4) is 0 Å². The van der Waals surface area contributed by atoms with E-state index in [0.717, 1.165) is 12.3 Å². The zero-order valence-electron chi connectivity index (χ0n) is 6.67. The summed E-state index contributed by atoms with van der Waals surface area (Å²) in [5.41, 5.74) is -1.44. The number of carbonyl (C=O) groups is 1. The lowest BCUT2D eigenvalue weighted by Gasteiger charge is -2.03. The maximum atomic E-state index is 12.3. The van der Waals surface area contributed by atoms with Crippen LogP contribution in [0.5, 0.6) is 0 Å². The van der Waals surface area contributed by atoms with Crippen molar-refractivity contribution < 1.29 is 13.6 Å². The topological polar surface area (TPSA) is 53.8 Å². The molecule has 0 radical (unpaired) electrons. The average molecular weight is 217 g/mol. The minimum atomic E-state index is -2.83. The number of hydrogen-bond donors (Lipinski definition) is 0. The summed E-state index contributed by atoms with van der Waals surface area (Å²) in [5.74, 6) is 0. The van der Waals surface area contributed by atoms with Crippen LogP contribution in [0.25, 0.3) is 0 Å². The third-order valence-corrected chi connectivity index (χ3v) is 1.70. The van der Waals surface area contributed by atoms with Gasteiger partial charge in [-0.25, -0.2) is 8.78 Å². The molecule has 0 bridgehead atoms. The van der Waals surface area contributed by atoms with Crippen molar-refractivity contribution in [1.82, 2.24) is 4.98 Å². The number of alkyl halides is 2. The quantitative estimate of drug-likeness (QED) is 0.713. The van der Waals surface area contributed by atoms with Gasteiger partial charge in [-0.1, -0.05) is 0 Å². The van der Waals surface area contributed by atoms with Gasteiger partial charge in [0.1, 0.15) is 11.8 Å². The van der Waals surface area contributed by atoms with Gasteiger partial charge in [0, 0.05) is 11.8 Å². The Bertz CT molecular complexity index is 414. The minimum absolute atomic E-state index is 0.438. The van der Waals surface area contributed by atoms with E-state index in [4.69, 9.17) is 16.9 Å². The average Bonchev–Trinajstić information content (AvgIpc) is 2.16. The molecule has 0 aromatic carbocycles. The number of aromatic nitrogens is 1. The first-order chi connectivity index (χ1) is 6.57. The summed E-state index contributed by atoms with van der Waals surface area (Å²) in [6, 6.07) is 2.46. The fraction of sp³-hybridized carbons (Fsp3) is 0.125. The van der Waals surface area contributed by atoms with Crippen LogP contribution < -0.4 is 0 Å². The van der Waals surface area contributed by atoms with E-state index in [9.17, 15) is 13.6 Å². The zero-order chi connectivity index (χ0) is 10.7. The van der Waals surface area contributed by atoms with E-state index in [1.807, 2.05) is 0 Å². The second-order valence-corrected chi connectivity index (χ2v) is 2.65. The molecule has 3 nitrogen and oxygen atoms in total. The second-order valence-electron chi connectivity index (χ2n) is 2.31. The molecule has 72 valence electrons. The van der Waals surface area contributed by atoms with Gasteiger partial charge in [0.25, 0.3) is 11.7 Å². The van der Waals surface area contributed by atoms with Gasteiger partial charge in [0.05, 0.1) is 5.56 Å². The molecule has 14 heavy (non-hydrogen) atoms. The lowest BCUT2D eigenvalue weighted by Crippen LogP contribution is -2.02. The molecule has 0 unspecified atom stereocenters. The predicted molar refractivity (Wildman–Crippen MR) is 44.1 cm³/mol. The first-order valence-electron chi connectivity index (χ1n) is 3.45. The molecule has 0 saturated heterocycles. The Balaban J connectivity index is 3.42. The third-order valence-electron chi connectivity index (χ3n) is 1.52. The number of nitrogens with zero attached hydrogens (tertiary/aromatic N) is 2. The van der Waals surface area contributed by atoms with E-state index < -0.39 is 28.5 Å². The highest BCUT2D eigenvalue weighted by molar-refractivity contribution is 6.67. The van der Waals surface area contributed by atoms with Crippen molar-refractivity contribution >= 4 is 16.8 Å². The molecular formula is C8H3ClF2N2O. The van der Waals surface area contributed by atoms with Crippen LogP contribution in [0.1, 0.15) is 28.0 Å². The van der Waals surface area contributed by atoms with Crippen molar-refractivity contribution in [1.29, 1.82) is 5.26 Å². The van der Waals surface area contributed by atoms with E-state index in [2.05, 4.69) is 4.98 Å². The van der Waals surface area contributed by atoms with E-state index in [1.54, 1.807) is 0 Å². The van der Waals surface area contributed by atoms with Gasteiger partial charge >= 0.3 is 0 Å². The van der Waals surface area contributed by atoms with Crippen molar-refractivity contribution in [3.05, 3.63) is 29.1 Å². The van der Waals surface area contributed by atoms with Gasteiger partial charge in [-0.05, 0) is 17.7 Å². The van der Waals surface area contributed by atoms with Crippen molar-refractivity contribution in [3.8, 4) is 6.07 Å². The Morgan fingerprint density at radius 3 is 2.71 bits per heavy atom. The lowest BCUT2D eigenvalue weighted by atomic mass is 10.1. The Kier molecular flexibility index (Phi) is 3.10. The number of carbonyl (C=O) groups excluding carboxylic acids is 1. The van der Waals surface area contributed by atoms with Crippen LogP contribution in [0, 0.1) is 11.3 Å². The smallest absolute Gasteiger partial charge is 0.272 e. The van der Waals surface area contributed by atoms with Gasteiger partial charge in [-0.15, -0.1) is 0 Å². The third kappa shape index (κ3) is 1.86. The number of halogens is 3. The van der Waals surface area contributed by atoms with Crippen LogP contribution in [0.15, 0.2) is 12.3 Å². The van der Waals surface area contributed by atoms with Gasteiger partial charge < -0.3 is 0 Å². The van der Waals surface area contributed by atoms with Crippen LogP contribution in [0.4, 0.5) is 8.78 Å².